The highest BCUT2D eigenvalue weighted by molar-refractivity contribution is 6.11. The van der Waals surface area contributed by atoms with Crippen LogP contribution in [0.1, 0.15) is 124 Å². The fraction of sp³-hybridized carbons (Fsp3) is 0.789. The molecule has 5 nitrogen and oxygen atoms in total. The van der Waals surface area contributed by atoms with Crippen molar-refractivity contribution in [3.8, 4) is 0 Å². The zero-order chi connectivity index (χ0) is 30.5. The SMILES string of the molecule is C[C@@]12CCC[C@H]1[C@@H]1CCC3C(=O)C=C(O)C(=O)[C@]3(C)[C@H]1CC2.C[C@]12CCC(=O)C=C1CC[C@@H]1[C@@H]2CC[C@]2(C)C(=O)CC[C@@H]12. The first-order valence-electron chi connectivity index (χ1n) is 17.6. The highest BCUT2D eigenvalue weighted by Crippen LogP contribution is 2.66. The summed E-state index contributed by atoms with van der Waals surface area (Å²) in [5, 5.41) is 9.97. The molecular formula is C38H52O5. The van der Waals surface area contributed by atoms with Gasteiger partial charge in [-0.05, 0) is 129 Å². The van der Waals surface area contributed by atoms with E-state index in [4.69, 9.17) is 0 Å². The van der Waals surface area contributed by atoms with Crippen LogP contribution in [0.2, 0.25) is 0 Å². The molecule has 0 aromatic rings. The third-order valence-electron chi connectivity index (χ3n) is 15.5. The molecule has 5 heteroatoms. The van der Waals surface area contributed by atoms with Crippen molar-refractivity contribution in [2.75, 3.05) is 0 Å². The summed E-state index contributed by atoms with van der Waals surface area (Å²) in [6.07, 6.45) is 19.4. The van der Waals surface area contributed by atoms with Crippen molar-refractivity contribution in [3.63, 3.8) is 0 Å². The first-order valence-corrected chi connectivity index (χ1v) is 17.6. The van der Waals surface area contributed by atoms with Gasteiger partial charge in [-0.3, -0.25) is 19.2 Å². The van der Waals surface area contributed by atoms with E-state index in [0.29, 0.717) is 46.6 Å². The molecule has 8 aliphatic carbocycles. The Labute approximate surface area is 257 Å². The Balaban J connectivity index is 0.000000140. The first-order chi connectivity index (χ1) is 20.3. The van der Waals surface area contributed by atoms with E-state index < -0.39 is 5.41 Å². The van der Waals surface area contributed by atoms with Gasteiger partial charge in [-0.15, -0.1) is 0 Å². The number of allylic oxidation sites excluding steroid dienone is 3. The number of aliphatic hydroxyl groups is 1. The van der Waals surface area contributed by atoms with Crippen LogP contribution >= 0.6 is 0 Å². The molecule has 11 atom stereocenters. The van der Waals surface area contributed by atoms with Gasteiger partial charge in [-0.1, -0.05) is 39.7 Å². The third-order valence-corrected chi connectivity index (χ3v) is 15.5. The first kappa shape index (κ1) is 29.7. The number of hydrogen-bond acceptors (Lipinski definition) is 5. The molecule has 0 aromatic heterocycles. The molecule has 0 amide bonds. The smallest absolute Gasteiger partial charge is 0.204 e. The van der Waals surface area contributed by atoms with E-state index in [1.165, 1.54) is 50.2 Å². The van der Waals surface area contributed by atoms with Gasteiger partial charge in [0.1, 0.15) is 5.78 Å². The van der Waals surface area contributed by atoms with Gasteiger partial charge < -0.3 is 5.11 Å². The topological polar surface area (TPSA) is 88.5 Å². The van der Waals surface area contributed by atoms with E-state index in [2.05, 4.69) is 20.8 Å². The Kier molecular flexibility index (Phi) is 6.88. The zero-order valence-electron chi connectivity index (χ0n) is 26.9. The van der Waals surface area contributed by atoms with Crippen molar-refractivity contribution in [3.05, 3.63) is 23.5 Å². The van der Waals surface area contributed by atoms with Gasteiger partial charge in [0, 0.05) is 35.7 Å². The summed E-state index contributed by atoms with van der Waals surface area (Å²) < 4.78 is 0. The molecule has 8 aliphatic rings. The number of hydrogen-bond donors (Lipinski definition) is 1. The summed E-state index contributed by atoms with van der Waals surface area (Å²) in [5.74, 6) is 3.71. The molecule has 0 aliphatic heterocycles. The maximum atomic E-state index is 12.8. The monoisotopic (exact) mass is 588 g/mol. The van der Waals surface area contributed by atoms with Crippen LogP contribution < -0.4 is 0 Å². The van der Waals surface area contributed by atoms with Crippen molar-refractivity contribution in [2.24, 2.45) is 63.1 Å². The van der Waals surface area contributed by atoms with Crippen LogP contribution in [0.3, 0.4) is 0 Å². The Morgan fingerprint density at radius 1 is 0.651 bits per heavy atom. The van der Waals surface area contributed by atoms with Crippen molar-refractivity contribution in [2.45, 2.75) is 124 Å². The molecule has 0 saturated heterocycles. The number of carbonyl (C=O) groups is 4. The molecular weight excluding hydrogens is 536 g/mol. The lowest BCUT2D eigenvalue weighted by Gasteiger charge is -2.57. The van der Waals surface area contributed by atoms with E-state index in [0.717, 1.165) is 57.8 Å². The molecule has 1 unspecified atom stereocenters. The molecule has 0 aromatic carbocycles. The van der Waals surface area contributed by atoms with Crippen LogP contribution in [0, 0.1) is 63.1 Å². The van der Waals surface area contributed by atoms with Crippen LogP contribution in [0.5, 0.6) is 0 Å². The molecule has 6 fully saturated rings. The van der Waals surface area contributed by atoms with E-state index >= 15 is 0 Å². The van der Waals surface area contributed by atoms with Crippen LogP contribution in [-0.2, 0) is 19.2 Å². The highest BCUT2D eigenvalue weighted by atomic mass is 16.3. The summed E-state index contributed by atoms with van der Waals surface area (Å²) in [6.45, 7) is 9.04. The fourth-order valence-corrected chi connectivity index (χ4v) is 13.0. The Bertz CT molecular complexity index is 1320. The fourth-order valence-electron chi connectivity index (χ4n) is 13.0. The average Bonchev–Trinajstić information content (AvgIpc) is 3.52. The van der Waals surface area contributed by atoms with Gasteiger partial charge in [-0.25, -0.2) is 0 Å². The van der Waals surface area contributed by atoms with Crippen molar-refractivity contribution >= 4 is 23.1 Å². The maximum Gasteiger partial charge on any atom is 0.204 e. The number of ketones is 4. The number of rotatable bonds is 0. The van der Waals surface area contributed by atoms with Crippen LogP contribution in [0.4, 0.5) is 0 Å². The molecule has 0 radical (unpaired) electrons. The Morgan fingerprint density at radius 3 is 2.16 bits per heavy atom. The molecule has 0 bridgehead atoms. The highest BCUT2D eigenvalue weighted by Gasteiger charge is 2.62. The maximum absolute atomic E-state index is 12.8. The van der Waals surface area contributed by atoms with Gasteiger partial charge in [0.25, 0.3) is 0 Å². The lowest BCUT2D eigenvalue weighted by molar-refractivity contribution is -0.156. The lowest BCUT2D eigenvalue weighted by Crippen LogP contribution is -2.57. The van der Waals surface area contributed by atoms with Gasteiger partial charge >= 0.3 is 0 Å². The Hall–Kier alpha value is -2.04. The van der Waals surface area contributed by atoms with Gasteiger partial charge in [-0.2, -0.15) is 0 Å². The minimum absolute atomic E-state index is 0.0246. The summed E-state index contributed by atoms with van der Waals surface area (Å²) >= 11 is 0. The van der Waals surface area contributed by atoms with Crippen LogP contribution in [0.25, 0.3) is 0 Å². The van der Waals surface area contributed by atoms with Gasteiger partial charge in [0.15, 0.2) is 17.3 Å². The predicted molar refractivity (Wildman–Crippen MR) is 165 cm³/mol. The lowest BCUT2D eigenvalue weighted by atomic mass is 9.45. The quantitative estimate of drug-likeness (QED) is 0.311. The molecule has 234 valence electrons. The summed E-state index contributed by atoms with van der Waals surface area (Å²) in [4.78, 5) is 49.3. The standard InChI is InChI=1S/C19H26O3.C19H26O2/c1-18-8-3-4-12(18)11-5-6-14-15(20)10-16(21)17(22)19(14,2)13(11)7-9-18;1-18-9-7-13(20)11-12(18)3-4-14-15-5-6-17(21)19(15,2)10-8-16(14)18/h10-14,21H,3-9H2,1-2H3;11,14-16H,3-10H2,1-2H3/t11-,12-,13-,14?,18-,19+;14-,15-,16-,18-,19-/m00/s1. The number of carbonyl (C=O) groups excluding carboxylic acids is 4. The molecule has 0 spiro atoms. The van der Waals surface area contributed by atoms with E-state index in [9.17, 15) is 24.3 Å². The van der Waals surface area contributed by atoms with Crippen molar-refractivity contribution < 1.29 is 24.3 Å². The van der Waals surface area contributed by atoms with E-state index in [1.807, 2.05) is 13.0 Å². The summed E-state index contributed by atoms with van der Waals surface area (Å²) in [7, 11) is 0. The molecule has 1 N–H and O–H groups in total. The molecule has 6 saturated carbocycles. The van der Waals surface area contributed by atoms with Crippen LogP contribution in [-0.4, -0.2) is 28.2 Å². The molecule has 8 rings (SSSR count). The van der Waals surface area contributed by atoms with E-state index in [-0.39, 0.29) is 40.0 Å². The number of aliphatic hydroxyl groups excluding tert-OH is 1. The minimum atomic E-state index is -0.664. The van der Waals surface area contributed by atoms with Crippen molar-refractivity contribution in [1.82, 2.24) is 0 Å². The summed E-state index contributed by atoms with van der Waals surface area (Å²) in [6, 6.07) is 0. The molecule has 43 heavy (non-hydrogen) atoms. The second kappa shape index (κ2) is 9.98. The van der Waals surface area contributed by atoms with Gasteiger partial charge in [0.05, 0.1) is 0 Å². The van der Waals surface area contributed by atoms with Gasteiger partial charge in [0.2, 0.25) is 5.78 Å². The second-order valence-corrected chi connectivity index (χ2v) is 17.0. The van der Waals surface area contributed by atoms with Crippen LogP contribution in [0.15, 0.2) is 23.5 Å². The molecule has 0 heterocycles. The number of fused-ring (bicyclic) bond motifs is 10. The average molecular weight is 589 g/mol. The largest absolute Gasteiger partial charge is 0.504 e. The van der Waals surface area contributed by atoms with E-state index in [1.54, 1.807) is 0 Å². The third kappa shape index (κ3) is 4.14. The van der Waals surface area contributed by atoms with Crippen molar-refractivity contribution in [1.29, 1.82) is 0 Å². The Morgan fingerprint density at radius 2 is 1.37 bits per heavy atom. The second-order valence-electron chi connectivity index (χ2n) is 17.0. The normalized spacial score (nSPS) is 50.1. The number of Topliss-reactive ketones (excluding diaryl/α,β-unsaturated/α-hetero) is 2. The summed E-state index contributed by atoms with van der Waals surface area (Å²) in [5.41, 5.74) is 1.42. The predicted octanol–water partition coefficient (Wildman–Crippen LogP) is 7.92. The minimum Gasteiger partial charge on any atom is -0.504 e. The zero-order valence-corrected chi connectivity index (χ0v) is 26.9.